The first-order chi connectivity index (χ1) is 9.20. The van der Waals surface area contributed by atoms with Crippen molar-refractivity contribution in [2.75, 3.05) is 0 Å². The average molecular weight is 273 g/mol. The first-order valence-electron chi connectivity index (χ1n) is 5.79. The number of para-hydroxylation sites is 1. The molecule has 0 aliphatic carbocycles. The summed E-state index contributed by atoms with van der Waals surface area (Å²) >= 11 is -2.21. The van der Waals surface area contributed by atoms with Gasteiger partial charge in [0, 0.05) is 10.5 Å². The Kier molecular flexibility index (Phi) is 4.49. The van der Waals surface area contributed by atoms with Crippen LogP contribution in [0.15, 0.2) is 59.5 Å². The van der Waals surface area contributed by atoms with Crippen LogP contribution in [0.25, 0.3) is 6.08 Å². The van der Waals surface area contributed by atoms with E-state index >= 15 is 0 Å². The first-order valence-corrected chi connectivity index (χ1v) is 6.87. The molecule has 0 heterocycles. The minimum Gasteiger partial charge on any atom is -0.768 e. The molecule has 2 rings (SSSR count). The van der Waals surface area contributed by atoms with Crippen LogP contribution in [0.3, 0.4) is 0 Å². The van der Waals surface area contributed by atoms with E-state index in [0.717, 1.165) is 11.3 Å². The highest BCUT2D eigenvalue weighted by atomic mass is 32.2. The van der Waals surface area contributed by atoms with Crippen LogP contribution < -0.4 is 4.74 Å². The zero-order valence-electron chi connectivity index (χ0n) is 10.4. The minimum atomic E-state index is -2.21. The number of hydrogen-bond donors (Lipinski definition) is 0. The molecule has 98 valence electrons. The van der Waals surface area contributed by atoms with E-state index in [9.17, 15) is 8.76 Å². The molecule has 1 unspecified atom stereocenters. The van der Waals surface area contributed by atoms with Gasteiger partial charge in [0.25, 0.3) is 0 Å². The molecule has 0 aromatic heterocycles. The molecule has 0 radical (unpaired) electrons. The summed E-state index contributed by atoms with van der Waals surface area (Å²) in [6, 6.07) is 13.9. The Bertz CT molecular complexity index is 603. The van der Waals surface area contributed by atoms with Gasteiger partial charge in [0.1, 0.15) is 11.5 Å². The lowest BCUT2D eigenvalue weighted by Gasteiger charge is -2.10. The third kappa shape index (κ3) is 3.53. The Labute approximate surface area is 114 Å². The van der Waals surface area contributed by atoms with Gasteiger partial charge >= 0.3 is 0 Å². The van der Waals surface area contributed by atoms with Gasteiger partial charge < -0.3 is 9.29 Å². The summed E-state index contributed by atoms with van der Waals surface area (Å²) in [5, 5.41) is 0. The average Bonchev–Trinajstić information content (AvgIpc) is 2.42. The van der Waals surface area contributed by atoms with Gasteiger partial charge in [0.05, 0.1) is 0 Å². The molecule has 1 atom stereocenters. The highest BCUT2D eigenvalue weighted by Crippen LogP contribution is 2.26. The van der Waals surface area contributed by atoms with Crippen LogP contribution >= 0.6 is 0 Å². The molecule has 0 amide bonds. The topological polar surface area (TPSA) is 49.4 Å². The monoisotopic (exact) mass is 273 g/mol. The van der Waals surface area contributed by atoms with Crippen LogP contribution in [0.1, 0.15) is 12.5 Å². The lowest BCUT2D eigenvalue weighted by Crippen LogP contribution is -1.90. The third-order valence-electron chi connectivity index (χ3n) is 2.51. The van der Waals surface area contributed by atoms with Crippen molar-refractivity contribution < 1.29 is 13.5 Å². The summed E-state index contributed by atoms with van der Waals surface area (Å²) < 4.78 is 27.3. The standard InChI is InChI=1S/C15H14O3S/c1-2-5-12-6-3-4-7-15(12)18-13-8-10-14(11-9-13)19(16)17/h2-11H,1H3,(H,16,17)/p-1. The van der Waals surface area contributed by atoms with E-state index in [-0.39, 0.29) is 4.90 Å². The molecule has 0 aliphatic heterocycles. The van der Waals surface area contributed by atoms with Crippen molar-refractivity contribution in [3.63, 3.8) is 0 Å². The quantitative estimate of drug-likeness (QED) is 0.797. The molecule has 0 N–H and O–H groups in total. The van der Waals surface area contributed by atoms with Crippen molar-refractivity contribution in [1.82, 2.24) is 0 Å². The van der Waals surface area contributed by atoms with Gasteiger partial charge in [-0.3, -0.25) is 4.21 Å². The van der Waals surface area contributed by atoms with E-state index < -0.39 is 11.1 Å². The number of benzene rings is 2. The molecular weight excluding hydrogens is 260 g/mol. The van der Waals surface area contributed by atoms with E-state index in [2.05, 4.69) is 0 Å². The Morgan fingerprint density at radius 1 is 1.11 bits per heavy atom. The summed E-state index contributed by atoms with van der Waals surface area (Å²) in [7, 11) is 0. The van der Waals surface area contributed by atoms with Crippen molar-refractivity contribution in [3.8, 4) is 11.5 Å². The lowest BCUT2D eigenvalue weighted by molar-refractivity contribution is 0.481. The van der Waals surface area contributed by atoms with Crippen molar-refractivity contribution in [2.24, 2.45) is 0 Å². The normalized spacial score (nSPS) is 12.5. The fourth-order valence-electron chi connectivity index (χ4n) is 1.64. The Balaban J connectivity index is 2.23. The van der Waals surface area contributed by atoms with Crippen LogP contribution in [0.2, 0.25) is 0 Å². The molecule has 0 fully saturated rings. The van der Waals surface area contributed by atoms with Gasteiger partial charge in [-0.05, 0) is 48.3 Å². The molecule has 0 bridgehead atoms. The molecule has 2 aromatic carbocycles. The predicted molar refractivity (Wildman–Crippen MR) is 74.9 cm³/mol. The molecule has 19 heavy (non-hydrogen) atoms. The molecule has 0 spiro atoms. The van der Waals surface area contributed by atoms with Crippen molar-refractivity contribution in [3.05, 3.63) is 60.2 Å². The van der Waals surface area contributed by atoms with Gasteiger partial charge in [-0.1, -0.05) is 30.4 Å². The third-order valence-corrected chi connectivity index (χ3v) is 3.17. The van der Waals surface area contributed by atoms with Gasteiger partial charge in [-0.25, -0.2) is 0 Å². The van der Waals surface area contributed by atoms with Crippen LogP contribution in [-0.2, 0) is 11.1 Å². The fraction of sp³-hybridized carbons (Fsp3) is 0.0667. The fourth-order valence-corrected chi connectivity index (χ4v) is 1.99. The lowest BCUT2D eigenvalue weighted by atomic mass is 10.2. The summed E-state index contributed by atoms with van der Waals surface area (Å²) in [6.07, 6.45) is 3.89. The van der Waals surface area contributed by atoms with Crippen LogP contribution in [-0.4, -0.2) is 8.76 Å². The smallest absolute Gasteiger partial charge is 0.134 e. The molecule has 4 heteroatoms. The second kappa shape index (κ2) is 6.31. The van der Waals surface area contributed by atoms with Crippen molar-refractivity contribution in [1.29, 1.82) is 0 Å². The predicted octanol–water partition coefficient (Wildman–Crippen LogP) is 3.75. The highest BCUT2D eigenvalue weighted by molar-refractivity contribution is 7.79. The van der Waals surface area contributed by atoms with Crippen molar-refractivity contribution >= 4 is 17.2 Å². The Hall–Kier alpha value is -1.91. The molecule has 0 saturated heterocycles. The molecular formula is C15H13O3S-. The largest absolute Gasteiger partial charge is 0.768 e. The summed E-state index contributed by atoms with van der Waals surface area (Å²) in [5.41, 5.74) is 0.974. The first kappa shape index (κ1) is 13.5. The van der Waals surface area contributed by atoms with Gasteiger partial charge in [-0.15, -0.1) is 0 Å². The number of ether oxygens (including phenoxy) is 1. The number of rotatable bonds is 4. The van der Waals surface area contributed by atoms with E-state index in [0.29, 0.717) is 5.75 Å². The highest BCUT2D eigenvalue weighted by Gasteiger charge is 2.02. The maximum atomic E-state index is 10.8. The number of allylic oxidation sites excluding steroid dienone is 1. The van der Waals surface area contributed by atoms with Crippen molar-refractivity contribution in [2.45, 2.75) is 11.8 Å². The van der Waals surface area contributed by atoms with Gasteiger partial charge in [0.15, 0.2) is 0 Å². The number of hydrogen-bond acceptors (Lipinski definition) is 3. The van der Waals surface area contributed by atoms with Crippen LogP contribution in [0.4, 0.5) is 0 Å². The summed E-state index contributed by atoms with van der Waals surface area (Å²) in [5.74, 6) is 1.34. The zero-order valence-corrected chi connectivity index (χ0v) is 11.2. The summed E-state index contributed by atoms with van der Waals surface area (Å²) in [4.78, 5) is 0.245. The second-order valence-corrected chi connectivity index (χ2v) is 4.79. The van der Waals surface area contributed by atoms with Gasteiger partial charge in [0.2, 0.25) is 0 Å². The minimum absolute atomic E-state index is 0.245. The van der Waals surface area contributed by atoms with E-state index in [1.165, 1.54) is 12.1 Å². The maximum Gasteiger partial charge on any atom is 0.134 e. The zero-order chi connectivity index (χ0) is 13.7. The van der Waals surface area contributed by atoms with Crippen LogP contribution in [0, 0.1) is 0 Å². The molecule has 3 nitrogen and oxygen atoms in total. The molecule has 0 saturated carbocycles. The second-order valence-electron chi connectivity index (χ2n) is 3.85. The Morgan fingerprint density at radius 2 is 1.79 bits per heavy atom. The summed E-state index contributed by atoms with van der Waals surface area (Å²) in [6.45, 7) is 1.94. The van der Waals surface area contributed by atoms with E-state index in [1.54, 1.807) is 12.1 Å². The SMILES string of the molecule is CC=Cc1ccccc1Oc1ccc(S(=O)[O-])cc1. The molecule has 0 aliphatic rings. The maximum absolute atomic E-state index is 10.8. The van der Waals surface area contributed by atoms with E-state index in [1.807, 2.05) is 43.3 Å². The van der Waals surface area contributed by atoms with Crippen LogP contribution in [0.5, 0.6) is 11.5 Å². The molecule has 2 aromatic rings. The Morgan fingerprint density at radius 3 is 2.42 bits per heavy atom. The van der Waals surface area contributed by atoms with Gasteiger partial charge in [-0.2, -0.15) is 0 Å². The van der Waals surface area contributed by atoms with E-state index in [4.69, 9.17) is 4.74 Å².